The van der Waals surface area contributed by atoms with Crippen molar-refractivity contribution in [2.75, 3.05) is 12.4 Å². The summed E-state index contributed by atoms with van der Waals surface area (Å²) >= 11 is 1.29. The standard InChI is InChI=1S/C22H18FN3O3S/c1-12-4-6-14(7-5-12)18-13(2)30-21(19(18)22(28)29-3)25-20(27)16-11-26-10-15(23)8-9-17(26)24-16/h4-11H,1-3H3,(H,25,27). The Labute approximate surface area is 176 Å². The number of methoxy groups -OCH3 is 1. The number of nitrogens with one attached hydrogen (secondary N) is 1. The molecule has 0 atom stereocenters. The van der Waals surface area contributed by atoms with E-state index in [0.717, 1.165) is 21.6 Å². The number of thiophene rings is 1. The summed E-state index contributed by atoms with van der Waals surface area (Å²) in [4.78, 5) is 30.5. The van der Waals surface area contributed by atoms with Crippen LogP contribution in [0.15, 0.2) is 48.8 Å². The number of carbonyl (C=O) groups is 2. The van der Waals surface area contributed by atoms with E-state index in [-0.39, 0.29) is 5.69 Å². The van der Waals surface area contributed by atoms with Crippen LogP contribution in [0.25, 0.3) is 16.8 Å². The Morgan fingerprint density at radius 2 is 1.83 bits per heavy atom. The fourth-order valence-corrected chi connectivity index (χ4v) is 4.30. The quantitative estimate of drug-likeness (QED) is 0.476. The third kappa shape index (κ3) is 3.57. The van der Waals surface area contributed by atoms with E-state index in [1.54, 1.807) is 0 Å². The maximum atomic E-state index is 13.4. The number of imidazole rings is 1. The minimum atomic E-state index is -0.540. The number of aryl methyl sites for hydroxylation is 2. The lowest BCUT2D eigenvalue weighted by Gasteiger charge is -2.08. The Kier molecular flexibility index (Phi) is 5.09. The molecule has 3 aromatic heterocycles. The number of pyridine rings is 1. The molecule has 1 N–H and O–H groups in total. The largest absolute Gasteiger partial charge is 0.465 e. The molecule has 0 saturated carbocycles. The first-order valence-electron chi connectivity index (χ1n) is 9.11. The molecule has 0 radical (unpaired) electrons. The maximum Gasteiger partial charge on any atom is 0.341 e. The molecule has 1 aromatic carbocycles. The fraction of sp³-hybridized carbons (Fsp3) is 0.136. The number of nitrogens with zero attached hydrogens (tertiary/aromatic N) is 2. The van der Waals surface area contributed by atoms with Crippen LogP contribution in [-0.2, 0) is 4.74 Å². The summed E-state index contributed by atoms with van der Waals surface area (Å²) in [7, 11) is 1.30. The molecule has 0 aliphatic carbocycles. The van der Waals surface area contributed by atoms with Gasteiger partial charge in [-0.05, 0) is 31.5 Å². The summed E-state index contributed by atoms with van der Waals surface area (Å²) < 4.78 is 19.8. The molecule has 3 heterocycles. The Balaban J connectivity index is 1.74. The second-order valence-electron chi connectivity index (χ2n) is 6.79. The van der Waals surface area contributed by atoms with Crippen molar-refractivity contribution in [1.82, 2.24) is 9.38 Å². The molecule has 8 heteroatoms. The topological polar surface area (TPSA) is 72.7 Å². The van der Waals surface area contributed by atoms with Gasteiger partial charge >= 0.3 is 5.97 Å². The van der Waals surface area contributed by atoms with Crippen LogP contribution < -0.4 is 5.32 Å². The van der Waals surface area contributed by atoms with Gasteiger partial charge in [-0.25, -0.2) is 14.2 Å². The van der Waals surface area contributed by atoms with Crippen molar-refractivity contribution in [1.29, 1.82) is 0 Å². The van der Waals surface area contributed by atoms with Gasteiger partial charge in [-0.15, -0.1) is 11.3 Å². The van der Waals surface area contributed by atoms with Crippen LogP contribution in [0, 0.1) is 19.7 Å². The number of hydrogen-bond donors (Lipinski definition) is 1. The van der Waals surface area contributed by atoms with Crippen molar-refractivity contribution < 1.29 is 18.7 Å². The van der Waals surface area contributed by atoms with Crippen molar-refractivity contribution in [2.24, 2.45) is 0 Å². The van der Waals surface area contributed by atoms with Crippen molar-refractivity contribution in [3.05, 3.63) is 76.3 Å². The molecule has 4 rings (SSSR count). The first-order valence-corrected chi connectivity index (χ1v) is 9.93. The highest BCUT2D eigenvalue weighted by molar-refractivity contribution is 7.17. The van der Waals surface area contributed by atoms with Crippen LogP contribution in [0.3, 0.4) is 0 Å². The number of halogens is 1. The lowest BCUT2D eigenvalue weighted by molar-refractivity contribution is 0.0603. The van der Waals surface area contributed by atoms with E-state index < -0.39 is 17.7 Å². The number of hydrogen-bond acceptors (Lipinski definition) is 5. The highest BCUT2D eigenvalue weighted by atomic mass is 32.1. The van der Waals surface area contributed by atoms with Crippen LogP contribution in [-0.4, -0.2) is 28.4 Å². The molecule has 0 fully saturated rings. The summed E-state index contributed by atoms with van der Waals surface area (Å²) in [6, 6.07) is 10.5. The minimum Gasteiger partial charge on any atom is -0.465 e. The highest BCUT2D eigenvalue weighted by Crippen LogP contribution is 2.40. The molecular weight excluding hydrogens is 405 g/mol. The van der Waals surface area contributed by atoms with Crippen molar-refractivity contribution in [3.63, 3.8) is 0 Å². The first kappa shape index (κ1) is 19.8. The average molecular weight is 423 g/mol. The van der Waals surface area contributed by atoms with Gasteiger partial charge in [0.05, 0.1) is 7.11 Å². The predicted octanol–water partition coefficient (Wildman–Crippen LogP) is 4.86. The van der Waals surface area contributed by atoms with Gasteiger partial charge in [0, 0.05) is 22.8 Å². The van der Waals surface area contributed by atoms with E-state index in [4.69, 9.17) is 4.74 Å². The van der Waals surface area contributed by atoms with Gasteiger partial charge in [0.2, 0.25) is 0 Å². The summed E-state index contributed by atoms with van der Waals surface area (Å²) in [5.41, 5.74) is 3.53. The van der Waals surface area contributed by atoms with Gasteiger partial charge in [-0.2, -0.15) is 0 Å². The third-order valence-corrected chi connectivity index (χ3v) is 5.71. The summed E-state index contributed by atoms with van der Waals surface area (Å²) in [5.74, 6) is -1.47. The van der Waals surface area contributed by atoms with Gasteiger partial charge in [0.25, 0.3) is 5.91 Å². The molecule has 0 aliphatic heterocycles. The lowest BCUT2D eigenvalue weighted by Crippen LogP contribution is -2.14. The van der Waals surface area contributed by atoms with Crippen molar-refractivity contribution in [3.8, 4) is 11.1 Å². The summed E-state index contributed by atoms with van der Waals surface area (Å²) in [5, 5.41) is 3.15. The Morgan fingerprint density at radius 3 is 2.53 bits per heavy atom. The van der Waals surface area contributed by atoms with E-state index in [2.05, 4.69) is 10.3 Å². The molecule has 0 spiro atoms. The van der Waals surface area contributed by atoms with Gasteiger partial charge in [-0.1, -0.05) is 29.8 Å². The maximum absolute atomic E-state index is 13.4. The summed E-state index contributed by atoms with van der Waals surface area (Å²) in [6.07, 6.45) is 2.68. The number of rotatable bonds is 4. The molecule has 152 valence electrons. The molecule has 0 saturated heterocycles. The van der Waals surface area contributed by atoms with Crippen LogP contribution in [0.1, 0.15) is 31.3 Å². The molecule has 1 amide bonds. The zero-order valence-corrected chi connectivity index (χ0v) is 17.3. The Bertz CT molecular complexity index is 1280. The predicted molar refractivity (Wildman–Crippen MR) is 114 cm³/mol. The number of ether oxygens (including phenoxy) is 1. The normalized spacial score (nSPS) is 10.9. The van der Waals surface area contributed by atoms with Gasteiger partial charge < -0.3 is 14.5 Å². The van der Waals surface area contributed by atoms with Gasteiger partial charge in [0.1, 0.15) is 27.7 Å². The molecule has 0 bridgehead atoms. The Morgan fingerprint density at radius 1 is 1.10 bits per heavy atom. The number of fused-ring (bicyclic) bond motifs is 1. The van der Waals surface area contributed by atoms with E-state index in [1.807, 2.05) is 38.1 Å². The monoisotopic (exact) mass is 423 g/mol. The fourth-order valence-electron chi connectivity index (χ4n) is 3.24. The zero-order valence-electron chi connectivity index (χ0n) is 16.5. The SMILES string of the molecule is COC(=O)c1c(NC(=O)c2cn3cc(F)ccc3n2)sc(C)c1-c1ccc(C)cc1. The number of aromatic nitrogens is 2. The summed E-state index contributed by atoms with van der Waals surface area (Å²) in [6.45, 7) is 3.87. The molecule has 0 unspecified atom stereocenters. The smallest absolute Gasteiger partial charge is 0.341 e. The average Bonchev–Trinajstić information content (AvgIpc) is 3.28. The minimum absolute atomic E-state index is 0.111. The van der Waals surface area contributed by atoms with E-state index >= 15 is 0 Å². The number of amides is 1. The Hall–Kier alpha value is -3.52. The zero-order chi connectivity index (χ0) is 21.4. The molecular formula is C22H18FN3O3S. The van der Waals surface area contributed by atoms with Crippen molar-refractivity contribution in [2.45, 2.75) is 13.8 Å². The molecule has 30 heavy (non-hydrogen) atoms. The van der Waals surface area contributed by atoms with Gasteiger partial charge in [-0.3, -0.25) is 4.79 Å². The van der Waals surface area contributed by atoms with Gasteiger partial charge in [0.15, 0.2) is 0 Å². The van der Waals surface area contributed by atoms with Crippen LogP contribution >= 0.6 is 11.3 Å². The van der Waals surface area contributed by atoms with E-state index in [9.17, 15) is 14.0 Å². The molecule has 4 aromatic rings. The highest BCUT2D eigenvalue weighted by Gasteiger charge is 2.26. The van der Waals surface area contributed by atoms with Crippen molar-refractivity contribution >= 4 is 33.9 Å². The lowest BCUT2D eigenvalue weighted by atomic mass is 10.0. The second-order valence-corrected chi connectivity index (χ2v) is 8.01. The number of benzene rings is 1. The number of esters is 1. The van der Waals surface area contributed by atoms with E-state index in [0.29, 0.717) is 16.2 Å². The van der Waals surface area contributed by atoms with E-state index in [1.165, 1.54) is 47.4 Å². The molecule has 0 aliphatic rings. The second kappa shape index (κ2) is 7.72. The first-order chi connectivity index (χ1) is 14.4. The molecule has 6 nitrogen and oxygen atoms in total. The van der Waals surface area contributed by atoms with Crippen LogP contribution in [0.4, 0.5) is 9.39 Å². The third-order valence-electron chi connectivity index (χ3n) is 4.69. The van der Waals surface area contributed by atoms with Crippen LogP contribution in [0.5, 0.6) is 0 Å². The number of carbonyl (C=O) groups excluding carboxylic acids is 2. The number of anilines is 1. The van der Waals surface area contributed by atoms with Crippen LogP contribution in [0.2, 0.25) is 0 Å².